The molecular formula is C15H22N2OS2. The van der Waals surface area contributed by atoms with Gasteiger partial charge >= 0.3 is 0 Å². The van der Waals surface area contributed by atoms with Crippen LogP contribution in [0.2, 0.25) is 0 Å². The van der Waals surface area contributed by atoms with Gasteiger partial charge in [-0.15, -0.1) is 11.3 Å². The fraction of sp³-hybridized carbons (Fsp3) is 0.600. The number of rotatable bonds is 4. The third kappa shape index (κ3) is 3.20. The number of nitrogens with one attached hydrogen (secondary N) is 1. The minimum atomic E-state index is -0.642. The standard InChI is InChI=1S/C15H22N2OS2/c1-11(12-7-6-10-20-12)17-14(18)15(13(16)19)8-4-2-3-5-9-15/h6-7,10-11H,2-5,8-9H2,1H3,(H2,16,19)(H,17,18). The zero-order valence-electron chi connectivity index (χ0n) is 11.9. The summed E-state index contributed by atoms with van der Waals surface area (Å²) in [6.45, 7) is 2.01. The van der Waals surface area contributed by atoms with Crippen molar-refractivity contribution in [1.29, 1.82) is 0 Å². The maximum absolute atomic E-state index is 12.7. The van der Waals surface area contributed by atoms with Crippen molar-refractivity contribution in [2.24, 2.45) is 11.1 Å². The van der Waals surface area contributed by atoms with Crippen molar-refractivity contribution < 1.29 is 4.79 Å². The van der Waals surface area contributed by atoms with Crippen molar-refractivity contribution >= 4 is 34.5 Å². The van der Waals surface area contributed by atoms with Gasteiger partial charge in [-0.3, -0.25) is 4.79 Å². The van der Waals surface area contributed by atoms with E-state index in [9.17, 15) is 4.79 Å². The Morgan fingerprint density at radius 3 is 2.55 bits per heavy atom. The highest BCUT2D eigenvalue weighted by Crippen LogP contribution is 2.36. The summed E-state index contributed by atoms with van der Waals surface area (Å²) in [5, 5.41) is 5.13. The molecule has 20 heavy (non-hydrogen) atoms. The van der Waals surface area contributed by atoms with Crippen LogP contribution in [0.5, 0.6) is 0 Å². The molecule has 0 bridgehead atoms. The second kappa shape index (κ2) is 6.68. The van der Waals surface area contributed by atoms with Gasteiger partial charge in [-0.2, -0.15) is 0 Å². The van der Waals surface area contributed by atoms with Crippen molar-refractivity contribution in [3.8, 4) is 0 Å². The quantitative estimate of drug-likeness (QED) is 0.660. The average molecular weight is 310 g/mol. The summed E-state index contributed by atoms with van der Waals surface area (Å²) < 4.78 is 0. The first-order valence-electron chi connectivity index (χ1n) is 7.20. The van der Waals surface area contributed by atoms with Crippen LogP contribution in [0, 0.1) is 5.41 Å². The first-order valence-corrected chi connectivity index (χ1v) is 8.49. The molecule has 110 valence electrons. The lowest BCUT2D eigenvalue weighted by Gasteiger charge is -2.31. The summed E-state index contributed by atoms with van der Waals surface area (Å²) in [5.41, 5.74) is 5.30. The molecule has 1 unspecified atom stereocenters. The first kappa shape index (κ1) is 15.4. The van der Waals surface area contributed by atoms with Crippen LogP contribution < -0.4 is 11.1 Å². The summed E-state index contributed by atoms with van der Waals surface area (Å²) in [7, 11) is 0. The van der Waals surface area contributed by atoms with Crippen molar-refractivity contribution in [3.05, 3.63) is 22.4 Å². The van der Waals surface area contributed by atoms with Gasteiger partial charge in [-0.05, 0) is 31.2 Å². The monoisotopic (exact) mass is 310 g/mol. The molecule has 1 aromatic heterocycles. The second-order valence-corrected chi connectivity index (χ2v) is 6.99. The van der Waals surface area contributed by atoms with Crippen molar-refractivity contribution in [2.75, 3.05) is 0 Å². The molecule has 1 aliphatic rings. The van der Waals surface area contributed by atoms with Gasteiger partial charge in [0.05, 0.1) is 16.4 Å². The number of thiophene rings is 1. The fourth-order valence-corrected chi connectivity index (χ4v) is 3.89. The Kier molecular flexibility index (Phi) is 5.16. The van der Waals surface area contributed by atoms with E-state index in [0.717, 1.165) is 43.4 Å². The molecule has 0 spiro atoms. The van der Waals surface area contributed by atoms with Crippen LogP contribution in [-0.4, -0.2) is 10.9 Å². The molecule has 0 radical (unpaired) electrons. The molecular weight excluding hydrogens is 288 g/mol. The van der Waals surface area contributed by atoms with E-state index in [4.69, 9.17) is 18.0 Å². The highest BCUT2D eigenvalue weighted by molar-refractivity contribution is 7.80. The minimum Gasteiger partial charge on any atom is -0.392 e. The highest BCUT2D eigenvalue weighted by atomic mass is 32.1. The minimum absolute atomic E-state index is 0.00722. The maximum atomic E-state index is 12.7. The third-order valence-corrected chi connectivity index (χ3v) is 5.63. The van der Waals surface area contributed by atoms with Gasteiger partial charge in [0.2, 0.25) is 5.91 Å². The summed E-state index contributed by atoms with van der Waals surface area (Å²) in [6, 6.07) is 4.05. The Bertz CT molecular complexity index is 462. The van der Waals surface area contributed by atoms with Gasteiger partial charge in [0.25, 0.3) is 0 Å². The molecule has 1 fully saturated rings. The van der Waals surface area contributed by atoms with Gasteiger partial charge in [0.15, 0.2) is 0 Å². The Labute approximate surface area is 129 Å². The van der Waals surface area contributed by atoms with E-state index < -0.39 is 5.41 Å². The molecule has 3 nitrogen and oxygen atoms in total. The molecule has 1 aromatic rings. The van der Waals surface area contributed by atoms with E-state index in [-0.39, 0.29) is 11.9 Å². The summed E-state index contributed by atoms with van der Waals surface area (Å²) in [5.74, 6) is 0.00722. The molecule has 5 heteroatoms. The Balaban J connectivity index is 2.12. The molecule has 1 saturated carbocycles. The molecule has 1 amide bonds. The van der Waals surface area contributed by atoms with Gasteiger partial charge in [-0.1, -0.05) is 44.0 Å². The zero-order chi connectivity index (χ0) is 14.6. The van der Waals surface area contributed by atoms with Gasteiger partial charge in [0.1, 0.15) is 0 Å². The maximum Gasteiger partial charge on any atom is 0.233 e. The topological polar surface area (TPSA) is 55.1 Å². The molecule has 0 saturated heterocycles. The van der Waals surface area contributed by atoms with E-state index >= 15 is 0 Å². The van der Waals surface area contributed by atoms with Crippen LogP contribution in [0.4, 0.5) is 0 Å². The SMILES string of the molecule is CC(NC(=O)C1(C(N)=S)CCCCCC1)c1cccs1. The molecule has 2 rings (SSSR count). The van der Waals surface area contributed by atoms with Gasteiger partial charge in [-0.25, -0.2) is 0 Å². The number of amides is 1. The normalized spacial score (nSPS) is 19.9. The highest BCUT2D eigenvalue weighted by Gasteiger charge is 2.41. The summed E-state index contributed by atoms with van der Waals surface area (Å²) >= 11 is 6.89. The molecule has 1 heterocycles. The van der Waals surface area contributed by atoms with Crippen molar-refractivity contribution in [3.63, 3.8) is 0 Å². The van der Waals surface area contributed by atoms with E-state index in [1.54, 1.807) is 11.3 Å². The number of hydrogen-bond donors (Lipinski definition) is 2. The zero-order valence-corrected chi connectivity index (χ0v) is 13.5. The lowest BCUT2D eigenvalue weighted by Crippen LogP contribution is -2.49. The number of thiocarbonyl (C=S) groups is 1. The van der Waals surface area contributed by atoms with Crippen LogP contribution in [0.3, 0.4) is 0 Å². The van der Waals surface area contributed by atoms with E-state index in [2.05, 4.69) is 5.32 Å². The number of carbonyl (C=O) groups excluding carboxylic acids is 1. The van der Waals surface area contributed by atoms with Gasteiger partial charge in [0, 0.05) is 4.88 Å². The predicted molar refractivity (Wildman–Crippen MR) is 87.8 cm³/mol. The van der Waals surface area contributed by atoms with E-state index in [0.29, 0.717) is 4.99 Å². The Morgan fingerprint density at radius 1 is 1.40 bits per heavy atom. The first-order chi connectivity index (χ1) is 9.56. The molecule has 0 aromatic carbocycles. The smallest absolute Gasteiger partial charge is 0.233 e. The number of nitrogens with two attached hydrogens (primary N) is 1. The molecule has 0 aliphatic heterocycles. The Morgan fingerprint density at radius 2 is 2.05 bits per heavy atom. The molecule has 3 N–H and O–H groups in total. The van der Waals surface area contributed by atoms with Gasteiger partial charge < -0.3 is 11.1 Å². The lowest BCUT2D eigenvalue weighted by molar-refractivity contribution is -0.128. The second-order valence-electron chi connectivity index (χ2n) is 5.57. The van der Waals surface area contributed by atoms with Crippen LogP contribution in [-0.2, 0) is 4.79 Å². The molecule has 1 aliphatic carbocycles. The van der Waals surface area contributed by atoms with E-state index in [1.807, 2.05) is 24.4 Å². The molecule has 1 atom stereocenters. The lowest BCUT2D eigenvalue weighted by atomic mass is 9.79. The summed E-state index contributed by atoms with van der Waals surface area (Å²) in [4.78, 5) is 14.3. The van der Waals surface area contributed by atoms with Crippen LogP contribution in [0.25, 0.3) is 0 Å². The average Bonchev–Trinajstić information content (AvgIpc) is 2.82. The fourth-order valence-electron chi connectivity index (χ4n) is 2.86. The van der Waals surface area contributed by atoms with E-state index in [1.165, 1.54) is 0 Å². The number of hydrogen-bond acceptors (Lipinski definition) is 3. The summed E-state index contributed by atoms with van der Waals surface area (Å²) in [6.07, 6.45) is 5.95. The predicted octanol–water partition coefficient (Wildman–Crippen LogP) is 3.55. The van der Waals surface area contributed by atoms with Crippen LogP contribution in [0.1, 0.15) is 56.4 Å². The Hall–Kier alpha value is -0.940. The largest absolute Gasteiger partial charge is 0.392 e. The third-order valence-electron chi connectivity index (χ3n) is 4.18. The van der Waals surface area contributed by atoms with Crippen molar-refractivity contribution in [2.45, 2.75) is 51.5 Å². The van der Waals surface area contributed by atoms with Crippen LogP contribution in [0.15, 0.2) is 17.5 Å². The van der Waals surface area contributed by atoms with Crippen LogP contribution >= 0.6 is 23.6 Å². The number of carbonyl (C=O) groups is 1. The van der Waals surface area contributed by atoms with Crippen molar-refractivity contribution in [1.82, 2.24) is 5.32 Å².